The van der Waals surface area contributed by atoms with Gasteiger partial charge in [-0.3, -0.25) is 4.90 Å². The molecule has 11 nitrogen and oxygen atoms in total. The van der Waals surface area contributed by atoms with Crippen LogP contribution in [0.1, 0.15) is 0 Å². The van der Waals surface area contributed by atoms with Gasteiger partial charge in [0.25, 0.3) is 0 Å². The maximum atomic E-state index is 12.4. The Labute approximate surface area is 184 Å². The van der Waals surface area contributed by atoms with E-state index in [-0.39, 0.29) is 19.9 Å². The highest BCUT2D eigenvalue weighted by Crippen LogP contribution is 2.41. The number of anilines is 2. The Morgan fingerprint density at radius 1 is 1.06 bits per heavy atom. The molecule has 1 saturated heterocycles. The van der Waals surface area contributed by atoms with E-state index in [0.717, 1.165) is 0 Å². The van der Waals surface area contributed by atoms with E-state index in [9.17, 15) is 9.59 Å². The number of benzene rings is 2. The molecule has 0 spiro atoms. The number of urea groups is 1. The predicted octanol–water partition coefficient (Wildman–Crippen LogP) is 2.59. The lowest BCUT2D eigenvalue weighted by Gasteiger charge is -2.18. The van der Waals surface area contributed by atoms with Crippen molar-refractivity contribution in [2.75, 3.05) is 51.4 Å². The number of hydrogen-bond acceptors (Lipinski definition) is 8. The minimum atomic E-state index is -0.540. The van der Waals surface area contributed by atoms with E-state index in [0.29, 0.717) is 40.1 Å². The smallest absolute Gasteiger partial charge is 0.414 e. The van der Waals surface area contributed by atoms with Gasteiger partial charge in [0.05, 0.1) is 40.1 Å². The van der Waals surface area contributed by atoms with Crippen molar-refractivity contribution < 1.29 is 38.0 Å². The molecule has 2 aromatic rings. The fraction of sp³-hybridized carbons (Fsp3) is 0.333. The third kappa shape index (κ3) is 4.22. The molecule has 0 radical (unpaired) electrons. The van der Waals surface area contributed by atoms with Gasteiger partial charge < -0.3 is 39.1 Å². The van der Waals surface area contributed by atoms with E-state index in [4.69, 9.17) is 28.4 Å². The molecular formula is C21H23N3O8. The number of ether oxygens (including phenoxy) is 6. The van der Waals surface area contributed by atoms with Crippen molar-refractivity contribution in [3.8, 4) is 28.7 Å². The van der Waals surface area contributed by atoms with E-state index in [1.165, 1.54) is 26.2 Å². The van der Waals surface area contributed by atoms with Crippen LogP contribution in [0.5, 0.6) is 28.7 Å². The molecule has 0 unspecified atom stereocenters. The summed E-state index contributed by atoms with van der Waals surface area (Å²) in [6.07, 6.45) is -1.08. The standard InChI is InChI=1S/C21H23N3O8/c1-27-17-7-13(8-18(28-2)19(17)29-3)24-10-14(32-21(24)26)9-22-20(25)23-12-4-5-15-16(6-12)31-11-30-15/h4-8,14H,9-11H2,1-3H3,(H2,22,23,25)/t14-/m0/s1. The molecule has 0 saturated carbocycles. The quantitative estimate of drug-likeness (QED) is 0.668. The second kappa shape index (κ2) is 9.00. The number of nitrogens with zero attached hydrogens (tertiary/aromatic N) is 1. The van der Waals surface area contributed by atoms with Crippen LogP contribution in [0.3, 0.4) is 0 Å². The molecule has 11 heteroatoms. The molecule has 0 aliphatic carbocycles. The van der Waals surface area contributed by atoms with Crippen molar-refractivity contribution in [3.63, 3.8) is 0 Å². The highest BCUT2D eigenvalue weighted by Gasteiger charge is 2.33. The zero-order valence-electron chi connectivity index (χ0n) is 17.8. The summed E-state index contributed by atoms with van der Waals surface area (Å²) in [5, 5.41) is 5.41. The third-order valence-electron chi connectivity index (χ3n) is 4.96. The van der Waals surface area contributed by atoms with Crippen molar-refractivity contribution in [3.05, 3.63) is 30.3 Å². The second-order valence-electron chi connectivity index (χ2n) is 6.90. The number of amides is 3. The molecule has 0 aromatic heterocycles. The van der Waals surface area contributed by atoms with Crippen LogP contribution in [0.2, 0.25) is 0 Å². The van der Waals surface area contributed by atoms with Crippen molar-refractivity contribution in [1.29, 1.82) is 0 Å². The van der Waals surface area contributed by atoms with Crippen LogP contribution >= 0.6 is 0 Å². The van der Waals surface area contributed by atoms with Gasteiger partial charge in [-0.25, -0.2) is 9.59 Å². The lowest BCUT2D eigenvalue weighted by Crippen LogP contribution is -2.37. The molecule has 2 N–H and O–H groups in total. The average molecular weight is 445 g/mol. The largest absolute Gasteiger partial charge is 0.493 e. The SMILES string of the molecule is COc1cc(N2C[C@H](CNC(=O)Nc3ccc4c(c3)OCO4)OC2=O)cc(OC)c1OC. The Bertz CT molecular complexity index is 1000. The molecule has 1 fully saturated rings. The highest BCUT2D eigenvalue weighted by atomic mass is 16.7. The minimum absolute atomic E-state index is 0.128. The molecule has 0 bridgehead atoms. The van der Waals surface area contributed by atoms with Crippen LogP contribution < -0.4 is 39.2 Å². The molecule has 2 aromatic carbocycles. The normalized spacial score (nSPS) is 16.4. The van der Waals surface area contributed by atoms with Crippen LogP contribution in [0, 0.1) is 0 Å². The fourth-order valence-electron chi connectivity index (χ4n) is 3.42. The van der Waals surface area contributed by atoms with Crippen molar-refractivity contribution in [2.45, 2.75) is 6.10 Å². The molecule has 3 amide bonds. The van der Waals surface area contributed by atoms with Crippen LogP contribution in [0.25, 0.3) is 0 Å². The zero-order valence-corrected chi connectivity index (χ0v) is 17.8. The summed E-state index contributed by atoms with van der Waals surface area (Å²) >= 11 is 0. The number of cyclic esters (lactones) is 1. The monoisotopic (exact) mass is 445 g/mol. The second-order valence-corrected chi connectivity index (χ2v) is 6.90. The number of fused-ring (bicyclic) bond motifs is 1. The lowest BCUT2D eigenvalue weighted by atomic mass is 10.2. The van der Waals surface area contributed by atoms with Gasteiger partial charge in [0.2, 0.25) is 12.5 Å². The van der Waals surface area contributed by atoms with Gasteiger partial charge in [0.1, 0.15) is 6.10 Å². The fourth-order valence-corrected chi connectivity index (χ4v) is 3.42. The van der Waals surface area contributed by atoms with E-state index in [2.05, 4.69) is 10.6 Å². The maximum absolute atomic E-state index is 12.4. The summed E-state index contributed by atoms with van der Waals surface area (Å²) in [5.74, 6) is 2.44. The maximum Gasteiger partial charge on any atom is 0.414 e. The number of nitrogens with one attached hydrogen (secondary N) is 2. The molecule has 2 heterocycles. The highest BCUT2D eigenvalue weighted by molar-refractivity contribution is 5.92. The molecule has 32 heavy (non-hydrogen) atoms. The number of hydrogen-bond donors (Lipinski definition) is 2. The van der Waals surface area contributed by atoms with Crippen molar-refractivity contribution in [2.24, 2.45) is 0 Å². The van der Waals surface area contributed by atoms with Gasteiger partial charge >= 0.3 is 12.1 Å². The number of methoxy groups -OCH3 is 3. The number of carbonyl (C=O) groups excluding carboxylic acids is 2. The first kappa shape index (κ1) is 21.2. The van der Waals surface area contributed by atoms with Crippen LogP contribution in [-0.2, 0) is 4.74 Å². The first-order valence-electron chi connectivity index (χ1n) is 9.75. The number of carbonyl (C=O) groups is 2. The molecule has 170 valence electrons. The van der Waals surface area contributed by atoms with Gasteiger partial charge in [-0.2, -0.15) is 0 Å². The van der Waals surface area contributed by atoms with Crippen molar-refractivity contribution >= 4 is 23.5 Å². The predicted molar refractivity (Wildman–Crippen MR) is 113 cm³/mol. The third-order valence-corrected chi connectivity index (χ3v) is 4.96. The van der Waals surface area contributed by atoms with Gasteiger partial charge in [-0.05, 0) is 12.1 Å². The summed E-state index contributed by atoms with van der Waals surface area (Å²) in [5.41, 5.74) is 1.08. The Morgan fingerprint density at radius 2 is 1.78 bits per heavy atom. The average Bonchev–Trinajstić information content (AvgIpc) is 3.42. The minimum Gasteiger partial charge on any atom is -0.493 e. The molecular weight excluding hydrogens is 422 g/mol. The van der Waals surface area contributed by atoms with Crippen LogP contribution in [0.15, 0.2) is 30.3 Å². The Morgan fingerprint density at radius 3 is 2.47 bits per heavy atom. The van der Waals surface area contributed by atoms with Crippen molar-refractivity contribution in [1.82, 2.24) is 5.32 Å². The molecule has 2 aliphatic rings. The summed E-state index contributed by atoms with van der Waals surface area (Å²) in [6.45, 7) is 0.519. The molecule has 2 aliphatic heterocycles. The number of rotatable bonds is 7. The Kier molecular flexibility index (Phi) is 5.97. The Hall–Kier alpha value is -4.02. The lowest BCUT2D eigenvalue weighted by molar-refractivity contribution is 0.141. The summed E-state index contributed by atoms with van der Waals surface area (Å²) in [7, 11) is 4.49. The van der Waals surface area contributed by atoms with Crippen LogP contribution in [-0.4, -0.2) is 59.4 Å². The first-order chi connectivity index (χ1) is 15.5. The van der Waals surface area contributed by atoms with Gasteiger partial charge in [0.15, 0.2) is 23.0 Å². The summed E-state index contributed by atoms with van der Waals surface area (Å²) in [4.78, 5) is 26.1. The van der Waals surface area contributed by atoms with Crippen LogP contribution in [0.4, 0.5) is 21.0 Å². The topological polar surface area (TPSA) is 117 Å². The Balaban J connectivity index is 1.36. The van der Waals surface area contributed by atoms with E-state index < -0.39 is 18.2 Å². The van der Waals surface area contributed by atoms with E-state index >= 15 is 0 Å². The van der Waals surface area contributed by atoms with E-state index in [1.807, 2.05) is 0 Å². The zero-order chi connectivity index (χ0) is 22.7. The molecule has 4 rings (SSSR count). The van der Waals surface area contributed by atoms with Gasteiger partial charge in [0, 0.05) is 23.9 Å². The van der Waals surface area contributed by atoms with E-state index in [1.54, 1.807) is 30.3 Å². The first-order valence-corrected chi connectivity index (χ1v) is 9.75. The summed E-state index contributed by atoms with van der Waals surface area (Å²) < 4.78 is 31.9. The van der Waals surface area contributed by atoms with Gasteiger partial charge in [-0.15, -0.1) is 0 Å². The molecule has 1 atom stereocenters. The van der Waals surface area contributed by atoms with Gasteiger partial charge in [-0.1, -0.05) is 0 Å². The summed E-state index contributed by atoms with van der Waals surface area (Å²) in [6, 6.07) is 7.96.